The quantitative estimate of drug-likeness (QED) is 0.703. The number of thiophene rings is 1. The Kier molecular flexibility index (Phi) is 6.38. The van der Waals surface area contributed by atoms with Gasteiger partial charge < -0.3 is 15.2 Å². The lowest BCUT2D eigenvalue weighted by Gasteiger charge is -2.05. The van der Waals surface area contributed by atoms with Gasteiger partial charge in [-0.1, -0.05) is 6.92 Å². The van der Waals surface area contributed by atoms with Crippen LogP contribution in [0.4, 0.5) is 0 Å². The summed E-state index contributed by atoms with van der Waals surface area (Å²) in [6.45, 7) is 2.89. The highest BCUT2D eigenvalue weighted by atomic mass is 32.1. The summed E-state index contributed by atoms with van der Waals surface area (Å²) in [6.07, 6.45) is 0.820. The van der Waals surface area contributed by atoms with E-state index in [1.54, 1.807) is 0 Å². The molecule has 0 aliphatic rings. The van der Waals surface area contributed by atoms with Gasteiger partial charge in [-0.3, -0.25) is 9.59 Å². The van der Waals surface area contributed by atoms with Gasteiger partial charge in [0.1, 0.15) is 0 Å². The Hall–Kier alpha value is -1.40. The number of aryl methyl sites for hydroxylation is 1. The third-order valence-electron chi connectivity index (χ3n) is 2.33. The Labute approximate surface area is 110 Å². The van der Waals surface area contributed by atoms with Crippen LogP contribution in [0, 0.1) is 0 Å². The summed E-state index contributed by atoms with van der Waals surface area (Å²) in [5.41, 5.74) is 1.05. The molecule has 0 bridgehead atoms. The zero-order chi connectivity index (χ0) is 13.4. The van der Waals surface area contributed by atoms with Crippen molar-refractivity contribution in [1.82, 2.24) is 5.32 Å². The van der Waals surface area contributed by atoms with E-state index >= 15 is 0 Å². The van der Waals surface area contributed by atoms with Crippen molar-refractivity contribution in [3.63, 3.8) is 0 Å². The van der Waals surface area contributed by atoms with E-state index in [9.17, 15) is 9.59 Å². The van der Waals surface area contributed by atoms with Crippen LogP contribution in [0.3, 0.4) is 0 Å². The summed E-state index contributed by atoms with van der Waals surface area (Å²) >= 11 is 1.42. The van der Waals surface area contributed by atoms with Crippen LogP contribution >= 0.6 is 11.3 Å². The normalized spacial score (nSPS) is 10.3. The molecule has 2 N–H and O–H groups in total. The van der Waals surface area contributed by atoms with Gasteiger partial charge in [-0.25, -0.2) is 0 Å². The number of hydrogen-bond donors (Lipinski definition) is 2. The van der Waals surface area contributed by atoms with E-state index in [1.165, 1.54) is 11.3 Å². The Morgan fingerprint density at radius 3 is 2.89 bits per heavy atom. The Bertz CT molecular complexity index is 403. The van der Waals surface area contributed by atoms with E-state index in [1.807, 2.05) is 18.4 Å². The van der Waals surface area contributed by atoms with E-state index < -0.39 is 5.97 Å². The zero-order valence-electron chi connectivity index (χ0n) is 10.3. The van der Waals surface area contributed by atoms with Gasteiger partial charge >= 0.3 is 5.97 Å². The summed E-state index contributed by atoms with van der Waals surface area (Å²) in [4.78, 5) is 22.7. The molecule has 1 aromatic heterocycles. The van der Waals surface area contributed by atoms with Crippen LogP contribution in [0.15, 0.2) is 11.4 Å². The maximum atomic E-state index is 11.8. The van der Waals surface area contributed by atoms with Crippen molar-refractivity contribution in [2.75, 3.05) is 19.8 Å². The zero-order valence-corrected chi connectivity index (χ0v) is 11.1. The average molecular weight is 271 g/mol. The summed E-state index contributed by atoms with van der Waals surface area (Å²) in [7, 11) is 0. The van der Waals surface area contributed by atoms with Gasteiger partial charge in [-0.15, -0.1) is 11.3 Å². The van der Waals surface area contributed by atoms with E-state index in [-0.39, 0.29) is 18.9 Å². The van der Waals surface area contributed by atoms with E-state index in [4.69, 9.17) is 9.84 Å². The molecule has 1 heterocycles. The van der Waals surface area contributed by atoms with Crippen LogP contribution < -0.4 is 5.32 Å². The van der Waals surface area contributed by atoms with Gasteiger partial charge in [-0.2, -0.15) is 0 Å². The summed E-state index contributed by atoms with van der Waals surface area (Å²) in [5, 5.41) is 13.0. The lowest BCUT2D eigenvalue weighted by Crippen LogP contribution is -2.27. The van der Waals surface area contributed by atoms with Gasteiger partial charge in [0, 0.05) is 6.54 Å². The summed E-state index contributed by atoms with van der Waals surface area (Å²) < 4.78 is 5.08. The number of nitrogens with one attached hydrogen (secondary N) is 1. The van der Waals surface area contributed by atoms with Gasteiger partial charge in [0.05, 0.1) is 24.5 Å². The Balaban J connectivity index is 2.20. The van der Waals surface area contributed by atoms with Crippen molar-refractivity contribution < 1.29 is 19.4 Å². The highest BCUT2D eigenvalue weighted by Crippen LogP contribution is 2.16. The second kappa shape index (κ2) is 7.84. The van der Waals surface area contributed by atoms with Gasteiger partial charge in [0.2, 0.25) is 0 Å². The van der Waals surface area contributed by atoms with E-state index in [2.05, 4.69) is 5.32 Å². The molecule has 18 heavy (non-hydrogen) atoms. The SMILES string of the molecule is CCc1ccsc1C(=O)NCCOCCC(=O)O. The fraction of sp³-hybridized carbons (Fsp3) is 0.500. The largest absolute Gasteiger partial charge is 0.481 e. The van der Waals surface area contributed by atoms with Gasteiger partial charge in [0.15, 0.2) is 0 Å². The first-order chi connectivity index (χ1) is 8.65. The Morgan fingerprint density at radius 2 is 2.22 bits per heavy atom. The molecule has 0 aliphatic carbocycles. The molecule has 0 saturated heterocycles. The monoisotopic (exact) mass is 271 g/mol. The molecule has 6 heteroatoms. The van der Waals surface area contributed by atoms with Crippen LogP contribution in [-0.4, -0.2) is 36.7 Å². The molecule has 0 spiro atoms. The minimum atomic E-state index is -0.884. The first-order valence-electron chi connectivity index (χ1n) is 5.79. The lowest BCUT2D eigenvalue weighted by molar-refractivity contribution is -0.138. The molecule has 1 aromatic rings. The molecular weight excluding hydrogens is 254 g/mol. The number of amides is 1. The lowest BCUT2D eigenvalue weighted by atomic mass is 10.2. The number of carbonyl (C=O) groups is 2. The van der Waals surface area contributed by atoms with Crippen LogP contribution in [0.5, 0.6) is 0 Å². The molecule has 0 atom stereocenters. The second-order valence-corrected chi connectivity index (χ2v) is 4.56. The number of carboxylic acids is 1. The molecule has 0 radical (unpaired) electrons. The molecule has 0 unspecified atom stereocenters. The third-order valence-corrected chi connectivity index (χ3v) is 3.28. The maximum Gasteiger partial charge on any atom is 0.305 e. The van der Waals surface area contributed by atoms with Crippen molar-refractivity contribution in [1.29, 1.82) is 0 Å². The molecule has 5 nitrogen and oxygen atoms in total. The van der Waals surface area contributed by atoms with Crippen molar-refractivity contribution in [2.45, 2.75) is 19.8 Å². The molecule has 0 aliphatic heterocycles. The van der Waals surface area contributed by atoms with E-state index in [0.717, 1.165) is 16.9 Å². The van der Waals surface area contributed by atoms with Gasteiger partial charge in [-0.05, 0) is 23.4 Å². The van der Waals surface area contributed by atoms with Crippen LogP contribution in [0.1, 0.15) is 28.6 Å². The number of hydrogen-bond acceptors (Lipinski definition) is 4. The van der Waals surface area contributed by atoms with Crippen molar-refractivity contribution in [3.8, 4) is 0 Å². The molecule has 100 valence electrons. The van der Waals surface area contributed by atoms with Crippen molar-refractivity contribution >= 4 is 23.2 Å². The molecule has 0 saturated carbocycles. The van der Waals surface area contributed by atoms with Crippen LogP contribution in [0.25, 0.3) is 0 Å². The van der Waals surface area contributed by atoms with Crippen molar-refractivity contribution in [3.05, 3.63) is 21.9 Å². The molecule has 0 fully saturated rings. The van der Waals surface area contributed by atoms with E-state index in [0.29, 0.717) is 13.2 Å². The molecule has 1 amide bonds. The second-order valence-electron chi connectivity index (χ2n) is 3.64. The number of ether oxygens (including phenoxy) is 1. The summed E-state index contributed by atoms with van der Waals surface area (Å²) in [5.74, 6) is -0.978. The highest BCUT2D eigenvalue weighted by Gasteiger charge is 2.10. The predicted octanol–water partition coefficient (Wildman–Crippen LogP) is 1.53. The topological polar surface area (TPSA) is 75.6 Å². The highest BCUT2D eigenvalue weighted by molar-refractivity contribution is 7.12. The third kappa shape index (κ3) is 4.85. The first kappa shape index (κ1) is 14.7. The number of carbonyl (C=O) groups excluding carboxylic acids is 1. The smallest absolute Gasteiger partial charge is 0.305 e. The minimum absolute atomic E-state index is 0.0150. The number of carboxylic acid groups (broad SMARTS) is 1. The minimum Gasteiger partial charge on any atom is -0.481 e. The standard InChI is InChI=1S/C12H17NO4S/c1-2-9-4-8-18-11(9)12(16)13-5-7-17-6-3-10(14)15/h4,8H,2-3,5-7H2,1H3,(H,13,16)(H,14,15). The average Bonchev–Trinajstić information content (AvgIpc) is 2.81. The van der Waals surface area contributed by atoms with Crippen LogP contribution in [-0.2, 0) is 16.0 Å². The first-order valence-corrected chi connectivity index (χ1v) is 6.67. The molecular formula is C12H17NO4S. The summed E-state index contributed by atoms with van der Waals surface area (Å²) in [6, 6.07) is 1.95. The number of aliphatic carboxylic acids is 1. The maximum absolute atomic E-state index is 11.8. The fourth-order valence-corrected chi connectivity index (χ4v) is 2.30. The van der Waals surface area contributed by atoms with Crippen molar-refractivity contribution in [2.24, 2.45) is 0 Å². The molecule has 0 aromatic carbocycles. The molecule has 1 rings (SSSR count). The Morgan fingerprint density at radius 1 is 1.44 bits per heavy atom. The van der Waals surface area contributed by atoms with Crippen LogP contribution in [0.2, 0.25) is 0 Å². The fourth-order valence-electron chi connectivity index (χ4n) is 1.39. The van der Waals surface area contributed by atoms with Gasteiger partial charge in [0.25, 0.3) is 5.91 Å². The predicted molar refractivity (Wildman–Crippen MR) is 69.1 cm³/mol. The number of rotatable bonds is 8.